The van der Waals surface area contributed by atoms with Gasteiger partial charge in [-0.25, -0.2) is 0 Å². The van der Waals surface area contributed by atoms with Crippen molar-refractivity contribution in [2.45, 2.75) is 6.42 Å². The number of hydrogen-bond acceptors (Lipinski definition) is 3. The Morgan fingerprint density at radius 1 is 1.24 bits per heavy atom. The first-order valence-corrected chi connectivity index (χ1v) is 6.37. The van der Waals surface area contributed by atoms with E-state index in [1.807, 2.05) is 17.5 Å². The zero-order valence-corrected chi connectivity index (χ0v) is 11.2. The summed E-state index contributed by atoms with van der Waals surface area (Å²) in [6, 6.07) is 11.0. The molecule has 1 heterocycles. The highest BCUT2D eigenvalue weighted by Gasteiger charge is 1.94. The van der Waals surface area contributed by atoms with Gasteiger partial charge >= 0.3 is 0 Å². The van der Waals surface area contributed by atoms with Crippen LogP contribution in [0.4, 0.5) is 5.69 Å². The van der Waals surface area contributed by atoms with E-state index < -0.39 is 0 Å². The highest BCUT2D eigenvalue weighted by atomic mass is 35.5. The minimum atomic E-state index is 0.497. The van der Waals surface area contributed by atoms with E-state index in [0.29, 0.717) is 22.2 Å². The number of nitriles is 1. The second-order valence-electron chi connectivity index (χ2n) is 3.09. The van der Waals surface area contributed by atoms with Crippen LogP contribution in [0.2, 0.25) is 10.0 Å². The Morgan fingerprint density at radius 2 is 2.00 bits per heavy atom. The molecular formula is C12H10Cl2N2S. The van der Waals surface area contributed by atoms with Gasteiger partial charge in [0.05, 0.1) is 22.5 Å². The number of nitrogen functional groups attached to an aromatic ring is 1. The van der Waals surface area contributed by atoms with Crippen molar-refractivity contribution in [2.24, 2.45) is 0 Å². The largest absolute Gasteiger partial charge is 0.399 e. The Morgan fingerprint density at radius 3 is 2.47 bits per heavy atom. The second-order valence-corrected chi connectivity index (χ2v) is 4.93. The first-order valence-electron chi connectivity index (χ1n) is 4.73. The van der Waals surface area contributed by atoms with Crippen molar-refractivity contribution in [3.63, 3.8) is 0 Å². The van der Waals surface area contributed by atoms with Gasteiger partial charge in [-0.15, -0.1) is 11.3 Å². The number of thiophene rings is 1. The lowest BCUT2D eigenvalue weighted by molar-refractivity contribution is 1.32. The molecule has 0 unspecified atom stereocenters. The third kappa shape index (κ3) is 5.10. The van der Waals surface area contributed by atoms with Crippen molar-refractivity contribution in [2.75, 3.05) is 5.73 Å². The molecule has 0 bridgehead atoms. The van der Waals surface area contributed by atoms with Crippen molar-refractivity contribution in [1.29, 1.82) is 5.26 Å². The van der Waals surface area contributed by atoms with Crippen LogP contribution in [0.3, 0.4) is 0 Å². The van der Waals surface area contributed by atoms with Crippen LogP contribution < -0.4 is 5.73 Å². The molecule has 0 atom stereocenters. The van der Waals surface area contributed by atoms with Gasteiger partial charge in [0.15, 0.2) is 0 Å². The van der Waals surface area contributed by atoms with Crippen LogP contribution in [0.1, 0.15) is 4.88 Å². The monoisotopic (exact) mass is 284 g/mol. The fourth-order valence-corrected chi connectivity index (χ4v) is 1.95. The first-order chi connectivity index (χ1) is 8.13. The molecule has 88 valence electrons. The van der Waals surface area contributed by atoms with Gasteiger partial charge in [-0.1, -0.05) is 29.3 Å². The van der Waals surface area contributed by atoms with Crippen LogP contribution in [0.25, 0.3) is 0 Å². The molecule has 2 rings (SSSR count). The summed E-state index contributed by atoms with van der Waals surface area (Å²) in [7, 11) is 0. The maximum atomic E-state index is 8.19. The van der Waals surface area contributed by atoms with E-state index in [1.165, 1.54) is 0 Å². The molecule has 2 nitrogen and oxygen atoms in total. The quantitative estimate of drug-likeness (QED) is 0.790. The predicted molar refractivity (Wildman–Crippen MR) is 74.5 cm³/mol. The molecule has 0 spiro atoms. The lowest BCUT2D eigenvalue weighted by Crippen LogP contribution is -1.82. The van der Waals surface area contributed by atoms with Crippen molar-refractivity contribution in [1.82, 2.24) is 0 Å². The predicted octanol–water partition coefficient (Wildman–Crippen LogP) is 4.39. The molecule has 17 heavy (non-hydrogen) atoms. The standard InChI is InChI=1S/C6H5Cl2N.C6H5NS/c7-5-2-1-4(9)3-6(5)8;7-4-3-6-2-1-5-8-6/h1-3H,9H2;1-2,5H,3H2. The topological polar surface area (TPSA) is 49.8 Å². The average molecular weight is 285 g/mol. The molecule has 2 N–H and O–H groups in total. The second kappa shape index (κ2) is 7.18. The van der Waals surface area contributed by atoms with Crippen LogP contribution in [0.15, 0.2) is 35.7 Å². The van der Waals surface area contributed by atoms with Gasteiger partial charge in [0, 0.05) is 10.6 Å². The van der Waals surface area contributed by atoms with Crippen molar-refractivity contribution in [3.05, 3.63) is 50.6 Å². The van der Waals surface area contributed by atoms with E-state index >= 15 is 0 Å². The lowest BCUT2D eigenvalue weighted by Gasteiger charge is -1.94. The molecule has 0 amide bonds. The van der Waals surface area contributed by atoms with Crippen LogP contribution in [0, 0.1) is 11.3 Å². The highest BCUT2D eigenvalue weighted by molar-refractivity contribution is 7.09. The van der Waals surface area contributed by atoms with Gasteiger partial charge in [-0.3, -0.25) is 0 Å². The van der Waals surface area contributed by atoms with Gasteiger partial charge in [0.2, 0.25) is 0 Å². The van der Waals surface area contributed by atoms with Gasteiger partial charge < -0.3 is 5.73 Å². The van der Waals surface area contributed by atoms with Crippen molar-refractivity contribution >= 4 is 40.2 Å². The smallest absolute Gasteiger partial charge is 0.0695 e. The van der Waals surface area contributed by atoms with Crippen LogP contribution in [-0.4, -0.2) is 0 Å². The summed E-state index contributed by atoms with van der Waals surface area (Å²) in [6.07, 6.45) is 0.553. The Hall–Kier alpha value is -1.21. The summed E-state index contributed by atoms with van der Waals surface area (Å²) < 4.78 is 0. The van der Waals surface area contributed by atoms with E-state index in [2.05, 4.69) is 6.07 Å². The maximum absolute atomic E-state index is 8.19. The Balaban J connectivity index is 0.000000171. The molecule has 1 aromatic heterocycles. The van der Waals surface area contributed by atoms with Gasteiger partial charge in [-0.05, 0) is 29.6 Å². The minimum Gasteiger partial charge on any atom is -0.399 e. The van der Waals surface area contributed by atoms with E-state index in [0.717, 1.165) is 4.88 Å². The fourth-order valence-electron chi connectivity index (χ4n) is 1.00. The third-order valence-electron chi connectivity index (χ3n) is 1.78. The van der Waals surface area contributed by atoms with Gasteiger partial charge in [0.1, 0.15) is 0 Å². The van der Waals surface area contributed by atoms with Crippen molar-refractivity contribution in [3.8, 4) is 6.07 Å². The Kier molecular flexibility index (Phi) is 5.85. The summed E-state index contributed by atoms with van der Waals surface area (Å²) in [6.45, 7) is 0. The van der Waals surface area contributed by atoms with Crippen LogP contribution in [0.5, 0.6) is 0 Å². The number of halogens is 2. The van der Waals surface area contributed by atoms with Crippen LogP contribution >= 0.6 is 34.5 Å². The molecule has 0 radical (unpaired) electrons. The summed E-state index contributed by atoms with van der Waals surface area (Å²) in [4.78, 5) is 1.15. The number of rotatable bonds is 1. The normalized spacial score (nSPS) is 9.00. The fraction of sp³-hybridized carbons (Fsp3) is 0.0833. The number of nitrogens with two attached hydrogens (primary N) is 1. The van der Waals surface area contributed by atoms with Gasteiger partial charge in [0.25, 0.3) is 0 Å². The summed E-state index contributed by atoms with van der Waals surface area (Å²) in [5.74, 6) is 0. The third-order valence-corrected chi connectivity index (χ3v) is 3.39. The number of hydrogen-bond donors (Lipinski definition) is 1. The molecule has 0 saturated heterocycles. The number of anilines is 1. The molecule has 0 aliphatic carbocycles. The summed E-state index contributed by atoms with van der Waals surface area (Å²) in [5, 5.41) is 11.2. The Bertz CT molecular complexity index is 504. The molecule has 0 aliphatic rings. The van der Waals surface area contributed by atoms with Gasteiger partial charge in [-0.2, -0.15) is 5.26 Å². The van der Waals surface area contributed by atoms with Crippen molar-refractivity contribution < 1.29 is 0 Å². The summed E-state index contributed by atoms with van der Waals surface area (Å²) >= 11 is 12.8. The Labute approximate surface area is 114 Å². The molecule has 1 aromatic carbocycles. The highest BCUT2D eigenvalue weighted by Crippen LogP contribution is 2.23. The average Bonchev–Trinajstić information content (AvgIpc) is 2.78. The number of benzene rings is 1. The first kappa shape index (κ1) is 13.9. The minimum absolute atomic E-state index is 0.497. The molecule has 2 aromatic rings. The lowest BCUT2D eigenvalue weighted by atomic mass is 10.3. The van der Waals surface area contributed by atoms with E-state index in [9.17, 15) is 0 Å². The van der Waals surface area contributed by atoms with E-state index in [4.69, 9.17) is 34.2 Å². The molecule has 0 aliphatic heterocycles. The van der Waals surface area contributed by atoms with Crippen LogP contribution in [-0.2, 0) is 6.42 Å². The number of nitrogens with zero attached hydrogens (tertiary/aromatic N) is 1. The summed E-state index contributed by atoms with van der Waals surface area (Å²) in [5.41, 5.74) is 6.01. The molecular weight excluding hydrogens is 275 g/mol. The van der Waals surface area contributed by atoms with E-state index in [-0.39, 0.29) is 0 Å². The van der Waals surface area contributed by atoms with E-state index in [1.54, 1.807) is 29.5 Å². The maximum Gasteiger partial charge on any atom is 0.0695 e. The molecule has 0 saturated carbocycles. The molecule has 0 fully saturated rings. The molecule has 5 heteroatoms. The zero-order valence-electron chi connectivity index (χ0n) is 8.86. The SMILES string of the molecule is N#CCc1cccs1.Nc1ccc(Cl)c(Cl)c1. The zero-order chi connectivity index (χ0) is 12.7.